The minimum Gasteiger partial charge on any atom is -0.434 e. The zero-order valence-corrected chi connectivity index (χ0v) is 9.40. The number of fused-ring (bicyclic) bond motifs is 1. The molecule has 0 aliphatic carbocycles. The highest BCUT2D eigenvalue weighted by molar-refractivity contribution is 5.69. The molecule has 0 bridgehead atoms. The molecule has 2 heterocycles. The van der Waals surface area contributed by atoms with Crippen LogP contribution in [0.15, 0.2) is 30.5 Å². The molecule has 0 radical (unpaired) electrons. The van der Waals surface area contributed by atoms with Gasteiger partial charge in [-0.2, -0.15) is 5.10 Å². The number of aryl methyl sites for hydroxylation is 1. The Balaban J connectivity index is 2.20. The first-order chi connectivity index (χ1) is 7.77. The highest BCUT2D eigenvalue weighted by Gasteiger charge is 2.21. The first-order valence-corrected chi connectivity index (χ1v) is 5.56. The highest BCUT2D eigenvalue weighted by atomic mass is 15.3. The van der Waals surface area contributed by atoms with Gasteiger partial charge in [0.25, 0.3) is 0 Å². The molecular formula is C13H15N3. The number of nitrogens with zero attached hydrogens (tertiary/aromatic N) is 2. The summed E-state index contributed by atoms with van der Waals surface area (Å²) in [5.41, 5.74) is 5.25. The standard InChI is InChI=1S/C13H15N3/c1-15-9-7-11-10(4-3-5-12(11)15)13-6-8-14-16(13)2/h3-6,8,15H,1,7,9H2,2H3. The third kappa shape index (κ3) is 1.28. The number of benzene rings is 1. The van der Waals surface area contributed by atoms with E-state index in [4.69, 9.17) is 0 Å². The van der Waals surface area contributed by atoms with Crippen molar-refractivity contribution in [2.24, 2.45) is 7.05 Å². The Hall–Kier alpha value is -1.61. The van der Waals surface area contributed by atoms with E-state index < -0.39 is 0 Å². The smallest absolute Gasteiger partial charge is 0.109 e. The maximum absolute atomic E-state index is 4.23. The van der Waals surface area contributed by atoms with Gasteiger partial charge in [0.1, 0.15) is 5.69 Å². The quantitative estimate of drug-likeness (QED) is 0.700. The number of rotatable bonds is 1. The fourth-order valence-electron chi connectivity index (χ4n) is 2.48. The van der Waals surface area contributed by atoms with Gasteiger partial charge in [-0.1, -0.05) is 12.1 Å². The molecule has 1 aromatic heterocycles. The van der Waals surface area contributed by atoms with E-state index in [9.17, 15) is 0 Å². The topological polar surface area (TPSA) is 22.3 Å². The minimum atomic E-state index is 1.09. The zero-order valence-electron chi connectivity index (χ0n) is 9.40. The second kappa shape index (κ2) is 3.46. The zero-order chi connectivity index (χ0) is 11.1. The van der Waals surface area contributed by atoms with Crippen molar-refractivity contribution in [3.05, 3.63) is 43.1 Å². The van der Waals surface area contributed by atoms with Crippen LogP contribution in [0.5, 0.6) is 0 Å². The van der Waals surface area contributed by atoms with Crippen molar-refractivity contribution in [3.8, 4) is 11.3 Å². The fraction of sp³-hybridized carbons (Fsp3) is 0.231. The van der Waals surface area contributed by atoms with Gasteiger partial charge >= 0.3 is 0 Å². The number of quaternary nitrogens is 1. The Labute approximate surface area is 95.3 Å². The Morgan fingerprint density at radius 1 is 1.38 bits per heavy atom. The van der Waals surface area contributed by atoms with Gasteiger partial charge < -0.3 is 4.90 Å². The molecule has 1 aliphatic heterocycles. The molecule has 1 atom stereocenters. The van der Waals surface area contributed by atoms with Gasteiger partial charge in [-0.15, -0.1) is 7.05 Å². The van der Waals surface area contributed by atoms with Crippen molar-refractivity contribution in [2.45, 2.75) is 6.42 Å². The molecule has 1 aromatic carbocycles. The lowest BCUT2D eigenvalue weighted by atomic mass is 10.0. The molecule has 16 heavy (non-hydrogen) atoms. The lowest BCUT2D eigenvalue weighted by Gasteiger charge is -2.14. The third-order valence-corrected chi connectivity index (χ3v) is 3.33. The molecule has 0 saturated heterocycles. The highest BCUT2D eigenvalue weighted by Crippen LogP contribution is 2.29. The fourth-order valence-corrected chi connectivity index (χ4v) is 2.48. The predicted molar refractivity (Wildman–Crippen MR) is 63.2 cm³/mol. The number of hydrogen-bond donors (Lipinski definition) is 1. The summed E-state index contributed by atoms with van der Waals surface area (Å²) in [4.78, 5) is 1.26. The summed E-state index contributed by atoms with van der Waals surface area (Å²) in [6, 6.07) is 8.52. The van der Waals surface area contributed by atoms with Crippen LogP contribution in [0.2, 0.25) is 0 Å². The van der Waals surface area contributed by atoms with Crippen LogP contribution in [0, 0.1) is 7.05 Å². The minimum absolute atomic E-state index is 1.09. The van der Waals surface area contributed by atoms with E-state index in [0.29, 0.717) is 0 Å². The van der Waals surface area contributed by atoms with Crippen LogP contribution in [0.3, 0.4) is 0 Å². The molecule has 0 saturated carbocycles. The molecule has 0 amide bonds. The van der Waals surface area contributed by atoms with Crippen LogP contribution >= 0.6 is 0 Å². The summed E-state index contributed by atoms with van der Waals surface area (Å²) in [6.45, 7) is 1.09. The Bertz CT molecular complexity index is 528. The molecule has 1 N–H and O–H groups in total. The maximum Gasteiger partial charge on any atom is 0.109 e. The average molecular weight is 213 g/mol. The van der Waals surface area contributed by atoms with Crippen molar-refractivity contribution in [1.82, 2.24) is 9.78 Å². The van der Waals surface area contributed by atoms with Crippen LogP contribution in [0.4, 0.5) is 5.69 Å². The van der Waals surface area contributed by atoms with Gasteiger partial charge in [0.2, 0.25) is 0 Å². The van der Waals surface area contributed by atoms with Gasteiger partial charge in [-0.05, 0) is 12.1 Å². The monoisotopic (exact) mass is 213 g/mol. The largest absolute Gasteiger partial charge is 0.434 e. The molecular weight excluding hydrogens is 198 g/mol. The van der Waals surface area contributed by atoms with E-state index in [0.717, 1.165) is 13.0 Å². The van der Waals surface area contributed by atoms with Crippen molar-refractivity contribution >= 4 is 5.69 Å². The summed E-state index contributed by atoms with van der Waals surface area (Å²) in [5.74, 6) is 0. The lowest BCUT2D eigenvalue weighted by molar-refractivity contribution is -0.775. The second-order valence-electron chi connectivity index (χ2n) is 4.28. The molecule has 3 heteroatoms. The van der Waals surface area contributed by atoms with Gasteiger partial charge in [-0.25, -0.2) is 0 Å². The molecule has 0 fully saturated rings. The molecule has 82 valence electrons. The van der Waals surface area contributed by atoms with E-state index >= 15 is 0 Å². The van der Waals surface area contributed by atoms with Crippen molar-refractivity contribution in [1.29, 1.82) is 0 Å². The van der Waals surface area contributed by atoms with E-state index in [1.165, 1.54) is 27.4 Å². The molecule has 3 rings (SSSR count). The van der Waals surface area contributed by atoms with Crippen LogP contribution in [-0.2, 0) is 13.5 Å². The molecule has 1 aliphatic rings. The summed E-state index contributed by atoms with van der Waals surface area (Å²) in [5, 5.41) is 4.23. The van der Waals surface area contributed by atoms with E-state index in [2.05, 4.69) is 36.4 Å². The Kier molecular flexibility index (Phi) is 2.07. The van der Waals surface area contributed by atoms with E-state index in [1.807, 2.05) is 17.9 Å². The van der Waals surface area contributed by atoms with Crippen molar-refractivity contribution < 1.29 is 4.90 Å². The summed E-state index contributed by atoms with van der Waals surface area (Å²) < 4.78 is 1.93. The number of nitrogens with one attached hydrogen (secondary N) is 1. The molecule has 0 spiro atoms. The number of hydrogen-bond acceptors (Lipinski definition) is 1. The lowest BCUT2D eigenvalue weighted by Crippen LogP contribution is -3.00. The van der Waals surface area contributed by atoms with E-state index in [1.54, 1.807) is 0 Å². The van der Waals surface area contributed by atoms with Gasteiger partial charge in [-0.3, -0.25) is 4.68 Å². The van der Waals surface area contributed by atoms with Crippen molar-refractivity contribution in [2.75, 3.05) is 6.54 Å². The van der Waals surface area contributed by atoms with E-state index in [-0.39, 0.29) is 0 Å². The van der Waals surface area contributed by atoms with Crippen LogP contribution < -0.4 is 4.90 Å². The second-order valence-corrected chi connectivity index (χ2v) is 4.28. The first-order valence-electron chi connectivity index (χ1n) is 5.56. The average Bonchev–Trinajstić information content (AvgIpc) is 2.86. The van der Waals surface area contributed by atoms with Crippen LogP contribution in [0.1, 0.15) is 5.56 Å². The normalized spacial score (nSPS) is 18.8. The predicted octanol–water partition coefficient (Wildman–Crippen LogP) is 0.951. The Morgan fingerprint density at radius 2 is 2.25 bits per heavy atom. The van der Waals surface area contributed by atoms with Gasteiger partial charge in [0.15, 0.2) is 0 Å². The SMILES string of the molecule is [CH2-][NH+]1CCc2c(-c3ccnn3C)cccc21. The molecule has 1 unspecified atom stereocenters. The summed E-state index contributed by atoms with van der Waals surface area (Å²) in [7, 11) is 6.10. The summed E-state index contributed by atoms with van der Waals surface area (Å²) >= 11 is 0. The van der Waals surface area contributed by atoms with Crippen LogP contribution in [-0.4, -0.2) is 16.3 Å². The molecule has 3 nitrogen and oxygen atoms in total. The van der Waals surface area contributed by atoms with Gasteiger partial charge in [0, 0.05) is 30.8 Å². The van der Waals surface area contributed by atoms with Crippen LogP contribution in [0.25, 0.3) is 11.3 Å². The maximum atomic E-state index is 4.23. The third-order valence-electron chi connectivity index (χ3n) is 3.33. The van der Waals surface area contributed by atoms with Crippen molar-refractivity contribution in [3.63, 3.8) is 0 Å². The van der Waals surface area contributed by atoms with Gasteiger partial charge in [0.05, 0.1) is 12.2 Å². The summed E-state index contributed by atoms with van der Waals surface area (Å²) in [6.07, 6.45) is 2.95. The number of aromatic nitrogens is 2. The first kappa shape index (κ1) is 9.60. The molecule has 2 aromatic rings. The Morgan fingerprint density at radius 3 is 3.00 bits per heavy atom.